The van der Waals surface area contributed by atoms with Gasteiger partial charge in [0.1, 0.15) is 0 Å². The molecule has 0 saturated heterocycles. The first kappa shape index (κ1) is 13.6. The molecular weight excluding hydrogens is 266 g/mol. The monoisotopic (exact) mass is 281 g/mol. The van der Waals surface area contributed by atoms with Gasteiger partial charge in [0.25, 0.3) is 5.91 Å². The van der Waals surface area contributed by atoms with Crippen LogP contribution in [0, 0.1) is 0 Å². The summed E-state index contributed by atoms with van der Waals surface area (Å²) < 4.78 is 23.8. The highest BCUT2D eigenvalue weighted by Crippen LogP contribution is 2.18. The predicted molar refractivity (Wildman–Crippen MR) is 73.0 cm³/mol. The number of fused-ring (bicyclic) bond motifs is 1. The van der Waals surface area contributed by atoms with Crippen LogP contribution in [-0.4, -0.2) is 31.6 Å². The number of carbonyl (C=O) groups excluding carboxylic acids is 1. The van der Waals surface area contributed by atoms with Gasteiger partial charge in [0, 0.05) is 17.1 Å². The summed E-state index contributed by atoms with van der Waals surface area (Å²) in [5.74, 6) is -0.701. The molecule has 1 aromatic heterocycles. The number of H-pyrrole nitrogens is 1. The predicted octanol–water partition coefficient (Wildman–Crippen LogP) is 0.114. The van der Waals surface area contributed by atoms with E-state index in [1.54, 1.807) is 6.20 Å². The molecule has 0 bridgehead atoms. The molecule has 19 heavy (non-hydrogen) atoms. The van der Waals surface area contributed by atoms with Crippen LogP contribution in [0.1, 0.15) is 5.56 Å². The van der Waals surface area contributed by atoms with Crippen LogP contribution in [0.2, 0.25) is 0 Å². The second-order valence-electron chi connectivity index (χ2n) is 4.41. The number of sulfonamides is 1. The zero-order valence-electron chi connectivity index (χ0n) is 10.4. The quantitative estimate of drug-likeness (QED) is 0.740. The number of amides is 1. The minimum atomic E-state index is -3.58. The highest BCUT2D eigenvalue weighted by atomic mass is 32.2. The molecular formula is C12H15N3O3S. The highest BCUT2D eigenvalue weighted by molar-refractivity contribution is 7.89. The van der Waals surface area contributed by atoms with Crippen molar-refractivity contribution < 1.29 is 13.2 Å². The molecule has 0 spiro atoms. The molecule has 1 amide bonds. The zero-order chi connectivity index (χ0) is 14.0. The van der Waals surface area contributed by atoms with E-state index in [1.807, 2.05) is 29.0 Å². The third-order valence-electron chi connectivity index (χ3n) is 2.74. The maximum Gasteiger partial charge on any atom is 0.250 e. The Morgan fingerprint density at radius 1 is 1.42 bits per heavy atom. The van der Waals surface area contributed by atoms with Gasteiger partial charge in [-0.05, 0) is 18.1 Å². The molecule has 0 aliphatic heterocycles. The molecule has 7 heteroatoms. The molecule has 6 nitrogen and oxygen atoms in total. The van der Waals surface area contributed by atoms with E-state index in [9.17, 15) is 13.2 Å². The lowest BCUT2D eigenvalue weighted by Crippen LogP contribution is -2.44. The molecule has 0 fully saturated rings. The van der Waals surface area contributed by atoms with E-state index >= 15 is 0 Å². The fraction of sp³-hybridized carbons (Fsp3) is 0.250. The molecule has 0 radical (unpaired) electrons. The number of benzene rings is 1. The zero-order valence-corrected chi connectivity index (χ0v) is 11.2. The number of hydrogen-bond donors (Lipinski definition) is 3. The van der Waals surface area contributed by atoms with Crippen molar-refractivity contribution in [2.45, 2.75) is 12.5 Å². The number of para-hydroxylation sites is 1. The summed E-state index contributed by atoms with van der Waals surface area (Å²) in [7, 11) is -3.58. The molecule has 102 valence electrons. The molecule has 0 saturated carbocycles. The first-order valence-electron chi connectivity index (χ1n) is 5.69. The fourth-order valence-corrected chi connectivity index (χ4v) is 2.41. The Morgan fingerprint density at radius 3 is 2.79 bits per heavy atom. The summed E-state index contributed by atoms with van der Waals surface area (Å²) in [6.45, 7) is 0. The lowest BCUT2D eigenvalue weighted by Gasteiger charge is -2.10. The van der Waals surface area contributed by atoms with Crippen LogP contribution >= 0.6 is 0 Å². The largest absolute Gasteiger partial charge is 0.361 e. The number of nitrogens with two attached hydrogens (primary N) is 1. The van der Waals surface area contributed by atoms with E-state index in [0.29, 0.717) is 0 Å². The SMILES string of the molecule is CS(=O)(=O)NC(=O)[C@H](N)Cc1c[nH]c2ccccc12. The van der Waals surface area contributed by atoms with E-state index in [1.165, 1.54) is 0 Å². The van der Waals surface area contributed by atoms with Crippen molar-refractivity contribution in [3.63, 3.8) is 0 Å². The van der Waals surface area contributed by atoms with Crippen LogP contribution in [0.5, 0.6) is 0 Å². The Bertz CT molecular complexity index is 706. The normalized spacial score (nSPS) is 13.4. The fourth-order valence-electron chi connectivity index (χ4n) is 1.89. The Kier molecular flexibility index (Phi) is 3.59. The lowest BCUT2D eigenvalue weighted by atomic mass is 10.1. The van der Waals surface area contributed by atoms with E-state index in [0.717, 1.165) is 22.7 Å². The smallest absolute Gasteiger partial charge is 0.250 e. The summed E-state index contributed by atoms with van der Waals surface area (Å²) in [6.07, 6.45) is 2.97. The third-order valence-corrected chi connectivity index (χ3v) is 3.31. The van der Waals surface area contributed by atoms with Gasteiger partial charge in [-0.3, -0.25) is 9.52 Å². The molecule has 4 N–H and O–H groups in total. The van der Waals surface area contributed by atoms with Gasteiger partial charge in [0.2, 0.25) is 10.0 Å². The number of rotatable bonds is 4. The van der Waals surface area contributed by atoms with Crippen LogP contribution in [-0.2, 0) is 21.2 Å². The Labute approximate surface area is 111 Å². The second kappa shape index (κ2) is 5.02. The van der Waals surface area contributed by atoms with E-state index in [4.69, 9.17) is 5.73 Å². The number of aromatic nitrogens is 1. The van der Waals surface area contributed by atoms with Crippen LogP contribution < -0.4 is 10.5 Å². The average molecular weight is 281 g/mol. The highest BCUT2D eigenvalue weighted by Gasteiger charge is 2.18. The first-order chi connectivity index (χ1) is 8.87. The molecule has 0 unspecified atom stereocenters. The summed E-state index contributed by atoms with van der Waals surface area (Å²) in [5, 5.41) is 0.977. The maximum atomic E-state index is 11.6. The second-order valence-corrected chi connectivity index (χ2v) is 6.16. The molecule has 0 aliphatic rings. The van der Waals surface area contributed by atoms with Crippen LogP contribution in [0.25, 0.3) is 10.9 Å². The van der Waals surface area contributed by atoms with Crippen LogP contribution in [0.4, 0.5) is 0 Å². The minimum absolute atomic E-state index is 0.269. The first-order valence-corrected chi connectivity index (χ1v) is 7.58. The minimum Gasteiger partial charge on any atom is -0.361 e. The van der Waals surface area contributed by atoms with Gasteiger partial charge in [-0.1, -0.05) is 18.2 Å². The maximum absolute atomic E-state index is 11.6. The van der Waals surface area contributed by atoms with Gasteiger partial charge in [-0.25, -0.2) is 8.42 Å². The molecule has 1 atom stereocenters. The standard InChI is InChI=1S/C12H15N3O3S/c1-19(17,18)15-12(16)10(13)6-8-7-14-11-5-3-2-4-9(8)11/h2-5,7,10,14H,6,13H2,1H3,(H,15,16)/t10-/m1/s1. The molecule has 2 rings (SSSR count). The van der Waals surface area contributed by atoms with Crippen molar-refractivity contribution in [2.24, 2.45) is 5.73 Å². The van der Waals surface area contributed by atoms with E-state index in [2.05, 4.69) is 4.98 Å². The molecule has 1 aromatic carbocycles. The number of nitrogens with one attached hydrogen (secondary N) is 2. The van der Waals surface area contributed by atoms with Gasteiger partial charge in [-0.15, -0.1) is 0 Å². The van der Waals surface area contributed by atoms with Crippen LogP contribution in [0.15, 0.2) is 30.5 Å². The van der Waals surface area contributed by atoms with Crippen molar-refractivity contribution >= 4 is 26.8 Å². The topological polar surface area (TPSA) is 105 Å². The van der Waals surface area contributed by atoms with Crippen LogP contribution in [0.3, 0.4) is 0 Å². The van der Waals surface area contributed by atoms with Crippen molar-refractivity contribution in [1.82, 2.24) is 9.71 Å². The molecule has 2 aromatic rings. The number of hydrogen-bond acceptors (Lipinski definition) is 4. The van der Waals surface area contributed by atoms with Gasteiger partial charge < -0.3 is 10.7 Å². The summed E-state index contributed by atoms with van der Waals surface area (Å²) in [5.41, 5.74) is 7.55. The average Bonchev–Trinajstić information content (AvgIpc) is 2.70. The van der Waals surface area contributed by atoms with Gasteiger partial charge in [0.15, 0.2) is 0 Å². The Hall–Kier alpha value is -1.86. The third kappa shape index (κ3) is 3.33. The molecule has 0 aliphatic carbocycles. The molecule has 1 heterocycles. The van der Waals surface area contributed by atoms with Gasteiger partial charge in [0.05, 0.1) is 12.3 Å². The summed E-state index contributed by atoms with van der Waals surface area (Å²) >= 11 is 0. The lowest BCUT2D eigenvalue weighted by molar-refractivity contribution is -0.120. The van der Waals surface area contributed by atoms with Gasteiger partial charge >= 0.3 is 0 Å². The number of aromatic amines is 1. The summed E-state index contributed by atoms with van der Waals surface area (Å²) in [6, 6.07) is 6.72. The number of carbonyl (C=O) groups is 1. The van der Waals surface area contributed by atoms with E-state index in [-0.39, 0.29) is 6.42 Å². The Morgan fingerprint density at radius 2 is 2.11 bits per heavy atom. The van der Waals surface area contributed by atoms with Crippen molar-refractivity contribution in [1.29, 1.82) is 0 Å². The van der Waals surface area contributed by atoms with E-state index < -0.39 is 22.0 Å². The van der Waals surface area contributed by atoms with Gasteiger partial charge in [-0.2, -0.15) is 0 Å². The summed E-state index contributed by atoms with van der Waals surface area (Å²) in [4.78, 5) is 14.7. The Balaban J connectivity index is 2.15. The van der Waals surface area contributed by atoms with Crippen molar-refractivity contribution in [3.05, 3.63) is 36.0 Å². The van der Waals surface area contributed by atoms with Crippen molar-refractivity contribution in [2.75, 3.05) is 6.26 Å². The van der Waals surface area contributed by atoms with Crippen molar-refractivity contribution in [3.8, 4) is 0 Å².